The maximum absolute atomic E-state index is 10.2. The van der Waals surface area contributed by atoms with Crippen molar-refractivity contribution in [2.75, 3.05) is 13.2 Å². The number of rotatable bonds is 6. The molecule has 5 fully saturated rings. The number of aliphatic hydroxyl groups excluding tert-OH is 1. The Kier molecular flexibility index (Phi) is 4.01. The quantitative estimate of drug-likeness (QED) is 0.791. The molecule has 0 spiro atoms. The van der Waals surface area contributed by atoms with E-state index in [1.54, 1.807) is 0 Å². The van der Waals surface area contributed by atoms with Crippen LogP contribution in [0.15, 0.2) is 0 Å². The van der Waals surface area contributed by atoms with Crippen LogP contribution in [-0.4, -0.2) is 36.0 Å². The summed E-state index contributed by atoms with van der Waals surface area (Å²) < 4.78 is 6.33. The molecule has 3 heteroatoms. The summed E-state index contributed by atoms with van der Waals surface area (Å²) in [6.45, 7) is 1.24. The standard InChI is InChI=1S/C18H31NO2/c20-17(11-19-16-3-1-2-4-16)12-21-18-8-13-5-14(9-18)7-15(6-13)10-18/h13-17,19-20H,1-12H2. The Morgan fingerprint density at radius 1 is 1.00 bits per heavy atom. The van der Waals surface area contributed by atoms with Gasteiger partial charge in [-0.3, -0.25) is 0 Å². The molecule has 4 bridgehead atoms. The fourth-order valence-corrected chi connectivity index (χ4v) is 5.97. The van der Waals surface area contributed by atoms with Gasteiger partial charge in [-0.2, -0.15) is 0 Å². The van der Waals surface area contributed by atoms with Crippen LogP contribution in [0.1, 0.15) is 64.2 Å². The van der Waals surface area contributed by atoms with Gasteiger partial charge in [-0.25, -0.2) is 0 Å². The van der Waals surface area contributed by atoms with Crippen LogP contribution in [0.5, 0.6) is 0 Å². The van der Waals surface area contributed by atoms with Crippen molar-refractivity contribution >= 4 is 0 Å². The van der Waals surface area contributed by atoms with E-state index in [0.717, 1.165) is 17.8 Å². The highest BCUT2D eigenvalue weighted by molar-refractivity contribution is 5.03. The number of hydrogen-bond acceptors (Lipinski definition) is 3. The summed E-state index contributed by atoms with van der Waals surface area (Å²) in [5.41, 5.74) is 0.142. The average Bonchev–Trinajstić information content (AvgIpc) is 2.95. The summed E-state index contributed by atoms with van der Waals surface area (Å²) in [6.07, 6.45) is 13.1. The van der Waals surface area contributed by atoms with Crippen LogP contribution in [0.3, 0.4) is 0 Å². The van der Waals surface area contributed by atoms with Gasteiger partial charge < -0.3 is 15.2 Å². The zero-order valence-corrected chi connectivity index (χ0v) is 13.2. The summed E-state index contributed by atoms with van der Waals surface area (Å²) in [5.74, 6) is 2.76. The summed E-state index contributed by atoms with van der Waals surface area (Å²) in [7, 11) is 0. The van der Waals surface area contributed by atoms with E-state index in [1.165, 1.54) is 64.2 Å². The van der Waals surface area contributed by atoms with E-state index in [1.807, 2.05) is 0 Å². The molecule has 5 rings (SSSR count). The Morgan fingerprint density at radius 3 is 2.14 bits per heavy atom. The molecule has 0 aromatic heterocycles. The van der Waals surface area contributed by atoms with E-state index in [0.29, 0.717) is 19.2 Å². The second-order valence-corrected chi connectivity index (χ2v) is 8.46. The van der Waals surface area contributed by atoms with Gasteiger partial charge in [-0.15, -0.1) is 0 Å². The Labute approximate surface area is 128 Å². The van der Waals surface area contributed by atoms with Crippen molar-refractivity contribution in [2.45, 2.75) is 82.0 Å². The summed E-state index contributed by atoms with van der Waals surface area (Å²) in [4.78, 5) is 0. The average molecular weight is 293 g/mol. The number of aliphatic hydroxyl groups is 1. The molecule has 1 atom stereocenters. The van der Waals surface area contributed by atoms with Crippen molar-refractivity contribution in [3.05, 3.63) is 0 Å². The van der Waals surface area contributed by atoms with Crippen LogP contribution >= 0.6 is 0 Å². The third-order valence-electron chi connectivity index (χ3n) is 6.56. The largest absolute Gasteiger partial charge is 0.389 e. The second-order valence-electron chi connectivity index (χ2n) is 8.46. The van der Waals surface area contributed by atoms with Gasteiger partial charge in [-0.1, -0.05) is 12.8 Å². The topological polar surface area (TPSA) is 41.5 Å². The zero-order chi connectivity index (χ0) is 14.3. The molecular formula is C18H31NO2. The summed E-state index contributed by atoms with van der Waals surface area (Å²) in [6, 6.07) is 0.638. The van der Waals surface area contributed by atoms with Crippen LogP contribution in [0.4, 0.5) is 0 Å². The molecular weight excluding hydrogens is 262 g/mol. The van der Waals surface area contributed by atoms with E-state index in [9.17, 15) is 5.11 Å². The first-order valence-electron chi connectivity index (χ1n) is 9.26. The lowest BCUT2D eigenvalue weighted by molar-refractivity contribution is -0.174. The third kappa shape index (κ3) is 3.16. The van der Waals surface area contributed by atoms with Gasteiger partial charge in [0.15, 0.2) is 0 Å². The Morgan fingerprint density at radius 2 is 1.57 bits per heavy atom. The lowest BCUT2D eigenvalue weighted by Gasteiger charge is -2.56. The molecule has 0 amide bonds. The predicted molar refractivity (Wildman–Crippen MR) is 83.1 cm³/mol. The van der Waals surface area contributed by atoms with Gasteiger partial charge in [0.25, 0.3) is 0 Å². The minimum atomic E-state index is -0.335. The zero-order valence-electron chi connectivity index (χ0n) is 13.2. The van der Waals surface area contributed by atoms with Gasteiger partial charge in [0.2, 0.25) is 0 Å². The van der Waals surface area contributed by atoms with Crippen molar-refractivity contribution in [2.24, 2.45) is 17.8 Å². The molecule has 5 aliphatic rings. The normalized spacial score (nSPS) is 43.6. The minimum Gasteiger partial charge on any atom is -0.389 e. The molecule has 3 nitrogen and oxygen atoms in total. The molecule has 0 heterocycles. The van der Waals surface area contributed by atoms with Crippen LogP contribution in [0.25, 0.3) is 0 Å². The van der Waals surface area contributed by atoms with Crippen molar-refractivity contribution < 1.29 is 9.84 Å². The maximum atomic E-state index is 10.2. The van der Waals surface area contributed by atoms with Gasteiger partial charge in [0, 0.05) is 12.6 Å². The number of ether oxygens (including phenoxy) is 1. The highest BCUT2D eigenvalue weighted by atomic mass is 16.5. The van der Waals surface area contributed by atoms with Crippen LogP contribution < -0.4 is 5.32 Å². The van der Waals surface area contributed by atoms with Crippen molar-refractivity contribution in [1.82, 2.24) is 5.32 Å². The molecule has 2 N–H and O–H groups in total. The van der Waals surface area contributed by atoms with Crippen LogP contribution in [-0.2, 0) is 4.74 Å². The Balaban J connectivity index is 1.24. The molecule has 0 aromatic carbocycles. The van der Waals surface area contributed by atoms with E-state index >= 15 is 0 Å². The smallest absolute Gasteiger partial charge is 0.0898 e. The Bertz CT molecular complexity index is 329. The van der Waals surface area contributed by atoms with E-state index in [4.69, 9.17) is 4.74 Å². The van der Waals surface area contributed by atoms with Gasteiger partial charge in [-0.05, 0) is 69.1 Å². The molecule has 0 aliphatic heterocycles. The number of nitrogens with one attached hydrogen (secondary N) is 1. The highest BCUT2D eigenvalue weighted by Crippen LogP contribution is 2.57. The van der Waals surface area contributed by atoms with Gasteiger partial charge in [0.1, 0.15) is 0 Å². The molecule has 1 unspecified atom stereocenters. The van der Waals surface area contributed by atoms with E-state index < -0.39 is 0 Å². The van der Waals surface area contributed by atoms with E-state index in [2.05, 4.69) is 5.32 Å². The van der Waals surface area contributed by atoms with Gasteiger partial charge in [0.05, 0.1) is 18.3 Å². The monoisotopic (exact) mass is 293 g/mol. The predicted octanol–water partition coefficient (Wildman–Crippen LogP) is 2.86. The highest BCUT2D eigenvalue weighted by Gasteiger charge is 2.51. The number of hydrogen-bond donors (Lipinski definition) is 2. The molecule has 0 radical (unpaired) electrons. The first-order chi connectivity index (χ1) is 10.2. The minimum absolute atomic E-state index is 0.142. The Hall–Kier alpha value is -0.120. The first-order valence-corrected chi connectivity index (χ1v) is 9.26. The van der Waals surface area contributed by atoms with Crippen molar-refractivity contribution in [3.8, 4) is 0 Å². The van der Waals surface area contributed by atoms with Crippen LogP contribution in [0, 0.1) is 17.8 Å². The van der Waals surface area contributed by atoms with E-state index in [-0.39, 0.29) is 11.7 Å². The lowest BCUT2D eigenvalue weighted by atomic mass is 9.54. The summed E-state index contributed by atoms with van der Waals surface area (Å²) >= 11 is 0. The summed E-state index contributed by atoms with van der Waals surface area (Å²) in [5, 5.41) is 13.7. The molecule has 0 saturated heterocycles. The molecule has 5 saturated carbocycles. The van der Waals surface area contributed by atoms with Crippen molar-refractivity contribution in [3.63, 3.8) is 0 Å². The third-order valence-corrected chi connectivity index (χ3v) is 6.56. The second kappa shape index (κ2) is 5.82. The van der Waals surface area contributed by atoms with Crippen LogP contribution in [0.2, 0.25) is 0 Å². The molecule has 0 aromatic rings. The fraction of sp³-hybridized carbons (Fsp3) is 1.00. The molecule has 5 aliphatic carbocycles. The fourth-order valence-electron chi connectivity index (χ4n) is 5.97. The van der Waals surface area contributed by atoms with Gasteiger partial charge >= 0.3 is 0 Å². The molecule has 120 valence electrons. The maximum Gasteiger partial charge on any atom is 0.0898 e. The van der Waals surface area contributed by atoms with Crippen molar-refractivity contribution in [1.29, 1.82) is 0 Å². The lowest BCUT2D eigenvalue weighted by Crippen LogP contribution is -2.53. The SMILES string of the molecule is OC(CNC1CCCC1)COC12CC3CC(CC(C3)C1)C2. The molecule has 21 heavy (non-hydrogen) atoms. The first kappa shape index (κ1) is 14.5.